The Balaban J connectivity index is -0.000000239. The van der Waals surface area contributed by atoms with E-state index in [1.807, 2.05) is 13.8 Å². The predicted molar refractivity (Wildman–Crippen MR) is 81.7 cm³/mol. The molecule has 21 heavy (non-hydrogen) atoms. The van der Waals surface area contributed by atoms with Crippen LogP contribution in [0.5, 0.6) is 0 Å². The van der Waals surface area contributed by atoms with Gasteiger partial charge in [0.25, 0.3) is 0 Å². The van der Waals surface area contributed by atoms with Crippen LogP contribution in [0.2, 0.25) is 0 Å². The molecule has 0 radical (unpaired) electrons. The van der Waals surface area contributed by atoms with Gasteiger partial charge in [0.2, 0.25) is 12.3 Å². The first-order chi connectivity index (χ1) is 9.67. The van der Waals surface area contributed by atoms with Crippen LogP contribution in [0.3, 0.4) is 0 Å². The molecule has 1 unspecified atom stereocenters. The fourth-order valence-electron chi connectivity index (χ4n) is 0.932. The van der Waals surface area contributed by atoms with E-state index in [-0.39, 0.29) is 5.91 Å². The van der Waals surface area contributed by atoms with Crippen LogP contribution >= 0.6 is 0 Å². The molecule has 0 heterocycles. The van der Waals surface area contributed by atoms with Crippen LogP contribution in [-0.4, -0.2) is 73.1 Å². The second kappa shape index (κ2) is 16.4. The Morgan fingerprint density at radius 2 is 1.57 bits per heavy atom. The molecule has 0 aromatic carbocycles. The van der Waals surface area contributed by atoms with Gasteiger partial charge >= 0.3 is 5.97 Å². The number of amides is 2. The number of esters is 1. The topological polar surface area (TPSA) is 87.2 Å². The van der Waals surface area contributed by atoms with Crippen LogP contribution in [0.25, 0.3) is 0 Å². The minimum absolute atomic E-state index is 0.162. The first-order valence-corrected chi connectivity index (χ1v) is 6.89. The number of hydrogen-bond acceptors (Lipinski definition) is 5. The highest BCUT2D eigenvalue weighted by molar-refractivity contribution is 5.73. The molecule has 7 heteroatoms. The van der Waals surface area contributed by atoms with Crippen LogP contribution in [0, 0.1) is 0 Å². The Morgan fingerprint density at radius 1 is 1.19 bits per heavy atom. The standard InChI is InChI=1S/C6H13NO.C5H10O3.C3H7NO/c1-4-7(5-2)6(3)8;1-3-8-5(7)4(2)6;1-4(2)3-5/h4-5H2,1-3H3;4,6H,3H2,1-2H3;3H,1-2H3. The highest BCUT2D eigenvalue weighted by Crippen LogP contribution is 1.85. The van der Waals surface area contributed by atoms with Crippen LogP contribution < -0.4 is 0 Å². The quantitative estimate of drug-likeness (QED) is 0.591. The van der Waals surface area contributed by atoms with E-state index in [1.165, 1.54) is 11.8 Å². The average Bonchev–Trinajstić information content (AvgIpc) is 2.41. The van der Waals surface area contributed by atoms with Gasteiger partial charge in [0.15, 0.2) is 0 Å². The third-order valence-corrected chi connectivity index (χ3v) is 2.05. The summed E-state index contributed by atoms with van der Waals surface area (Å²) in [6.45, 7) is 10.6. The van der Waals surface area contributed by atoms with Crippen LogP contribution in [0.15, 0.2) is 0 Å². The third-order valence-electron chi connectivity index (χ3n) is 2.05. The van der Waals surface area contributed by atoms with E-state index < -0.39 is 12.1 Å². The molecule has 0 fully saturated rings. The molecule has 0 bridgehead atoms. The summed E-state index contributed by atoms with van der Waals surface area (Å²) in [7, 11) is 3.38. The normalized spacial score (nSPS) is 9.90. The molecule has 0 aromatic rings. The number of rotatable bonds is 5. The van der Waals surface area contributed by atoms with Gasteiger partial charge in [-0.2, -0.15) is 0 Å². The number of ether oxygens (including phenoxy) is 1. The molecule has 0 rings (SSSR count). The maximum absolute atomic E-state index is 10.5. The molecule has 2 amide bonds. The van der Waals surface area contributed by atoms with Gasteiger partial charge in [-0.05, 0) is 27.7 Å². The van der Waals surface area contributed by atoms with Crippen molar-refractivity contribution < 1.29 is 24.2 Å². The maximum Gasteiger partial charge on any atom is 0.334 e. The number of carbonyl (C=O) groups excluding carboxylic acids is 3. The lowest BCUT2D eigenvalue weighted by molar-refractivity contribution is -0.151. The molecule has 0 saturated heterocycles. The third kappa shape index (κ3) is 20.8. The van der Waals surface area contributed by atoms with Crippen molar-refractivity contribution in [1.82, 2.24) is 9.80 Å². The van der Waals surface area contributed by atoms with Gasteiger partial charge in [0, 0.05) is 34.1 Å². The van der Waals surface area contributed by atoms with Crippen molar-refractivity contribution in [2.75, 3.05) is 33.8 Å². The first kappa shape index (κ1) is 24.4. The number of hydrogen-bond donors (Lipinski definition) is 1. The van der Waals surface area contributed by atoms with E-state index >= 15 is 0 Å². The zero-order valence-electron chi connectivity index (χ0n) is 14.3. The molecule has 7 nitrogen and oxygen atoms in total. The minimum Gasteiger partial charge on any atom is -0.464 e. The van der Waals surface area contributed by atoms with Gasteiger partial charge in [-0.15, -0.1) is 0 Å². The summed E-state index contributed by atoms with van der Waals surface area (Å²) < 4.78 is 4.41. The Hall–Kier alpha value is -1.63. The second-order valence-electron chi connectivity index (χ2n) is 4.19. The number of aliphatic hydroxyl groups is 1. The van der Waals surface area contributed by atoms with Crippen molar-refractivity contribution in [1.29, 1.82) is 0 Å². The molecular weight excluding hydrogens is 276 g/mol. The Kier molecular flexibility index (Phi) is 19.1. The Morgan fingerprint density at radius 3 is 1.62 bits per heavy atom. The van der Waals surface area contributed by atoms with Crippen molar-refractivity contribution in [2.45, 2.75) is 40.7 Å². The summed E-state index contributed by atoms with van der Waals surface area (Å²) >= 11 is 0. The molecule has 1 atom stereocenters. The van der Waals surface area contributed by atoms with E-state index in [0.29, 0.717) is 6.61 Å². The highest BCUT2D eigenvalue weighted by Gasteiger charge is 2.07. The lowest BCUT2D eigenvalue weighted by Crippen LogP contribution is -2.27. The predicted octanol–water partition coefficient (Wildman–Crippen LogP) is 0.509. The molecule has 0 aliphatic carbocycles. The van der Waals surface area contributed by atoms with E-state index in [4.69, 9.17) is 5.11 Å². The lowest BCUT2D eigenvalue weighted by atomic mass is 10.4. The van der Waals surface area contributed by atoms with E-state index in [0.717, 1.165) is 19.5 Å². The van der Waals surface area contributed by atoms with Crippen molar-refractivity contribution in [3.63, 3.8) is 0 Å². The smallest absolute Gasteiger partial charge is 0.334 e. The summed E-state index contributed by atoms with van der Waals surface area (Å²) in [4.78, 5) is 33.5. The summed E-state index contributed by atoms with van der Waals surface area (Å²) in [5.41, 5.74) is 0. The van der Waals surface area contributed by atoms with Crippen LogP contribution in [0.4, 0.5) is 0 Å². The molecule has 126 valence electrons. The summed E-state index contributed by atoms with van der Waals surface area (Å²) in [5.74, 6) is -0.400. The molecule has 0 aliphatic heterocycles. The second-order valence-corrected chi connectivity index (χ2v) is 4.19. The SMILES string of the molecule is CCN(CC)C(C)=O.CCOC(=O)C(C)O.CN(C)C=O. The van der Waals surface area contributed by atoms with Gasteiger partial charge in [0.1, 0.15) is 6.10 Å². The maximum atomic E-state index is 10.5. The Bertz CT molecular complexity index is 277. The zero-order valence-corrected chi connectivity index (χ0v) is 14.3. The average molecular weight is 306 g/mol. The van der Waals surface area contributed by atoms with Gasteiger partial charge in [-0.1, -0.05) is 0 Å². The molecular formula is C14H30N2O5. The molecule has 0 aromatic heterocycles. The first-order valence-electron chi connectivity index (χ1n) is 6.89. The summed E-state index contributed by atoms with van der Waals surface area (Å²) in [6, 6.07) is 0. The molecule has 1 N–H and O–H groups in total. The van der Waals surface area contributed by atoms with Gasteiger partial charge in [0.05, 0.1) is 6.61 Å². The van der Waals surface area contributed by atoms with Crippen molar-refractivity contribution in [3.8, 4) is 0 Å². The summed E-state index contributed by atoms with van der Waals surface area (Å²) in [6.07, 6.45) is -0.241. The van der Waals surface area contributed by atoms with Gasteiger partial charge in [-0.3, -0.25) is 9.59 Å². The van der Waals surface area contributed by atoms with Crippen LogP contribution in [-0.2, 0) is 19.1 Å². The van der Waals surface area contributed by atoms with E-state index in [9.17, 15) is 14.4 Å². The number of nitrogens with zero attached hydrogens (tertiary/aromatic N) is 2. The lowest BCUT2D eigenvalue weighted by Gasteiger charge is -2.14. The summed E-state index contributed by atoms with van der Waals surface area (Å²) in [5, 5.41) is 8.48. The van der Waals surface area contributed by atoms with E-state index in [2.05, 4.69) is 4.74 Å². The minimum atomic E-state index is -0.991. The molecule has 0 aliphatic rings. The fourth-order valence-corrected chi connectivity index (χ4v) is 0.932. The number of aliphatic hydroxyl groups excluding tert-OH is 1. The molecule has 0 spiro atoms. The fraction of sp³-hybridized carbons (Fsp3) is 0.786. The molecule has 0 saturated carbocycles. The number of carbonyl (C=O) groups is 3. The van der Waals surface area contributed by atoms with Crippen LogP contribution in [0.1, 0.15) is 34.6 Å². The zero-order chi connectivity index (χ0) is 17.4. The highest BCUT2D eigenvalue weighted by atomic mass is 16.5. The Labute approximate surface area is 127 Å². The van der Waals surface area contributed by atoms with Gasteiger partial charge in [-0.25, -0.2) is 4.79 Å². The van der Waals surface area contributed by atoms with Gasteiger partial charge < -0.3 is 19.6 Å². The monoisotopic (exact) mass is 306 g/mol. The van der Waals surface area contributed by atoms with E-state index in [1.54, 1.807) is 32.8 Å². The van der Waals surface area contributed by atoms with Crippen molar-refractivity contribution >= 4 is 18.3 Å². The van der Waals surface area contributed by atoms with Crippen molar-refractivity contribution in [3.05, 3.63) is 0 Å². The van der Waals surface area contributed by atoms with Crippen molar-refractivity contribution in [2.24, 2.45) is 0 Å². The largest absolute Gasteiger partial charge is 0.464 e.